The molecule has 0 spiro atoms. The van der Waals surface area contributed by atoms with Crippen LogP contribution in [-0.4, -0.2) is 13.1 Å². The molecule has 1 saturated carbocycles. The minimum absolute atomic E-state index is 0.731. The van der Waals surface area contributed by atoms with Crippen molar-refractivity contribution in [3.05, 3.63) is 0 Å². The molecule has 1 heteroatoms. The molecule has 0 aromatic rings. The Morgan fingerprint density at radius 2 is 2.00 bits per heavy atom. The minimum atomic E-state index is 0.731. The second-order valence-electron chi connectivity index (χ2n) is 4.03. The van der Waals surface area contributed by atoms with Crippen LogP contribution in [0.4, 0.5) is 0 Å². The van der Waals surface area contributed by atoms with Gasteiger partial charge in [0.25, 0.3) is 0 Å². The van der Waals surface area contributed by atoms with Gasteiger partial charge in [0.1, 0.15) is 0 Å². The molecular formula is C10H21N. The highest BCUT2D eigenvalue weighted by molar-refractivity contribution is 4.94. The molecule has 0 amide bonds. The van der Waals surface area contributed by atoms with Gasteiger partial charge in [-0.1, -0.05) is 20.3 Å². The van der Waals surface area contributed by atoms with Gasteiger partial charge in [0.05, 0.1) is 0 Å². The molecule has 4 unspecified atom stereocenters. The molecule has 11 heavy (non-hydrogen) atoms. The molecule has 1 nitrogen and oxygen atoms in total. The van der Waals surface area contributed by atoms with E-state index in [1.54, 1.807) is 0 Å². The van der Waals surface area contributed by atoms with Crippen LogP contribution in [0.2, 0.25) is 0 Å². The summed E-state index contributed by atoms with van der Waals surface area (Å²) in [5.41, 5.74) is 0. The Kier molecular flexibility index (Phi) is 2.94. The van der Waals surface area contributed by atoms with E-state index in [4.69, 9.17) is 0 Å². The summed E-state index contributed by atoms with van der Waals surface area (Å²) in [6.45, 7) is 6.98. The molecule has 66 valence electrons. The van der Waals surface area contributed by atoms with Gasteiger partial charge in [-0.2, -0.15) is 0 Å². The van der Waals surface area contributed by atoms with E-state index in [0.29, 0.717) is 0 Å². The molecule has 0 radical (unpaired) electrons. The maximum absolute atomic E-state index is 3.34. The monoisotopic (exact) mass is 155 g/mol. The first-order valence-electron chi connectivity index (χ1n) is 4.88. The van der Waals surface area contributed by atoms with Gasteiger partial charge in [-0.3, -0.25) is 0 Å². The molecule has 0 aliphatic heterocycles. The quantitative estimate of drug-likeness (QED) is 0.656. The summed E-state index contributed by atoms with van der Waals surface area (Å²) in [6.07, 6.45) is 2.80. The van der Waals surface area contributed by atoms with Gasteiger partial charge in [0, 0.05) is 6.04 Å². The van der Waals surface area contributed by atoms with Crippen molar-refractivity contribution in [1.82, 2.24) is 5.32 Å². The summed E-state index contributed by atoms with van der Waals surface area (Å²) in [5, 5.41) is 3.34. The van der Waals surface area contributed by atoms with Gasteiger partial charge in [0.2, 0.25) is 0 Å². The van der Waals surface area contributed by atoms with Crippen LogP contribution in [-0.2, 0) is 0 Å². The summed E-state index contributed by atoms with van der Waals surface area (Å²) in [5.74, 6) is 2.92. The fourth-order valence-electron chi connectivity index (χ4n) is 1.98. The molecule has 0 aromatic carbocycles. The summed E-state index contributed by atoms with van der Waals surface area (Å²) in [4.78, 5) is 0. The minimum Gasteiger partial charge on any atom is -0.317 e. The average Bonchev–Trinajstić information content (AvgIpc) is 2.80. The van der Waals surface area contributed by atoms with Crippen molar-refractivity contribution in [3.63, 3.8) is 0 Å². The van der Waals surface area contributed by atoms with E-state index in [-0.39, 0.29) is 0 Å². The number of hydrogen-bond acceptors (Lipinski definition) is 1. The molecule has 0 saturated heterocycles. The molecule has 4 atom stereocenters. The normalized spacial score (nSPS) is 34.9. The van der Waals surface area contributed by atoms with Gasteiger partial charge in [-0.25, -0.2) is 0 Å². The highest BCUT2D eigenvalue weighted by Gasteiger charge is 2.42. The smallest absolute Gasteiger partial charge is 0.00668 e. The highest BCUT2D eigenvalue weighted by atomic mass is 14.9. The zero-order valence-electron chi connectivity index (χ0n) is 8.22. The lowest BCUT2D eigenvalue weighted by atomic mass is 10.00. The van der Waals surface area contributed by atoms with Crippen LogP contribution in [0.15, 0.2) is 0 Å². The lowest BCUT2D eigenvalue weighted by Crippen LogP contribution is -2.24. The maximum Gasteiger partial charge on any atom is 0.00668 e. The summed E-state index contributed by atoms with van der Waals surface area (Å²) < 4.78 is 0. The topological polar surface area (TPSA) is 12.0 Å². The van der Waals surface area contributed by atoms with Crippen LogP contribution < -0.4 is 5.32 Å². The van der Waals surface area contributed by atoms with Crippen molar-refractivity contribution in [2.75, 3.05) is 7.05 Å². The van der Waals surface area contributed by atoms with Crippen LogP contribution in [0.3, 0.4) is 0 Å². The zero-order chi connectivity index (χ0) is 8.43. The molecular weight excluding hydrogens is 134 g/mol. The first-order valence-corrected chi connectivity index (χ1v) is 4.88. The van der Waals surface area contributed by atoms with Crippen molar-refractivity contribution >= 4 is 0 Å². The molecule has 1 aliphatic rings. The Bertz CT molecular complexity index is 108. The third kappa shape index (κ3) is 1.96. The van der Waals surface area contributed by atoms with Crippen molar-refractivity contribution in [2.45, 2.75) is 39.7 Å². The fourth-order valence-corrected chi connectivity index (χ4v) is 1.98. The number of hydrogen-bond donors (Lipinski definition) is 1. The molecule has 1 rings (SSSR count). The van der Waals surface area contributed by atoms with E-state index in [9.17, 15) is 0 Å². The summed E-state index contributed by atoms with van der Waals surface area (Å²) in [6, 6.07) is 0.731. The van der Waals surface area contributed by atoms with E-state index >= 15 is 0 Å². The van der Waals surface area contributed by atoms with E-state index in [0.717, 1.165) is 23.8 Å². The van der Waals surface area contributed by atoms with Crippen LogP contribution in [0.1, 0.15) is 33.6 Å². The molecule has 0 heterocycles. The van der Waals surface area contributed by atoms with Gasteiger partial charge in [-0.15, -0.1) is 0 Å². The predicted octanol–water partition coefficient (Wildman–Crippen LogP) is 2.28. The Labute approximate surface area is 70.6 Å². The summed E-state index contributed by atoms with van der Waals surface area (Å²) >= 11 is 0. The Balaban J connectivity index is 2.25. The van der Waals surface area contributed by atoms with Crippen LogP contribution in [0.25, 0.3) is 0 Å². The average molecular weight is 155 g/mol. The van der Waals surface area contributed by atoms with E-state index in [1.807, 2.05) is 0 Å². The Morgan fingerprint density at radius 3 is 2.45 bits per heavy atom. The third-order valence-corrected chi connectivity index (χ3v) is 3.36. The van der Waals surface area contributed by atoms with Crippen molar-refractivity contribution < 1.29 is 0 Å². The first-order chi connectivity index (χ1) is 5.20. The SMILES string of the molecule is CCC(C)C1CC1C(C)NC. The highest BCUT2D eigenvalue weighted by Crippen LogP contribution is 2.47. The third-order valence-electron chi connectivity index (χ3n) is 3.36. The summed E-state index contributed by atoms with van der Waals surface area (Å²) in [7, 11) is 2.07. The van der Waals surface area contributed by atoms with Crippen molar-refractivity contribution in [3.8, 4) is 0 Å². The molecule has 1 fully saturated rings. The van der Waals surface area contributed by atoms with E-state index in [1.165, 1.54) is 12.8 Å². The molecule has 1 aliphatic carbocycles. The second kappa shape index (κ2) is 3.57. The molecule has 0 aromatic heterocycles. The van der Waals surface area contributed by atoms with Gasteiger partial charge in [-0.05, 0) is 38.1 Å². The maximum atomic E-state index is 3.34. The van der Waals surface area contributed by atoms with Crippen LogP contribution in [0.5, 0.6) is 0 Å². The van der Waals surface area contributed by atoms with Crippen LogP contribution in [0, 0.1) is 17.8 Å². The lowest BCUT2D eigenvalue weighted by Gasteiger charge is -2.12. The first kappa shape index (κ1) is 9.05. The zero-order valence-corrected chi connectivity index (χ0v) is 8.22. The second-order valence-corrected chi connectivity index (χ2v) is 4.03. The molecule has 1 N–H and O–H groups in total. The number of nitrogens with one attached hydrogen (secondary N) is 1. The largest absolute Gasteiger partial charge is 0.317 e. The number of rotatable bonds is 4. The van der Waals surface area contributed by atoms with Crippen molar-refractivity contribution in [2.24, 2.45) is 17.8 Å². The van der Waals surface area contributed by atoms with Crippen molar-refractivity contribution in [1.29, 1.82) is 0 Å². The van der Waals surface area contributed by atoms with Gasteiger partial charge < -0.3 is 5.32 Å². The lowest BCUT2D eigenvalue weighted by molar-refractivity contribution is 0.418. The standard InChI is InChI=1S/C10H21N/c1-5-7(2)9-6-10(9)8(3)11-4/h7-11H,5-6H2,1-4H3. The fraction of sp³-hybridized carbons (Fsp3) is 1.00. The van der Waals surface area contributed by atoms with Gasteiger partial charge in [0.15, 0.2) is 0 Å². The molecule has 0 bridgehead atoms. The predicted molar refractivity (Wildman–Crippen MR) is 49.6 cm³/mol. The van der Waals surface area contributed by atoms with E-state index in [2.05, 4.69) is 33.1 Å². The Morgan fingerprint density at radius 1 is 1.36 bits per heavy atom. The van der Waals surface area contributed by atoms with Gasteiger partial charge >= 0.3 is 0 Å². The van der Waals surface area contributed by atoms with E-state index < -0.39 is 0 Å². The Hall–Kier alpha value is -0.0400. The van der Waals surface area contributed by atoms with Crippen LogP contribution >= 0.6 is 0 Å².